The van der Waals surface area contributed by atoms with Gasteiger partial charge in [0.25, 0.3) is 0 Å². The van der Waals surface area contributed by atoms with Crippen LogP contribution in [0.5, 0.6) is 0 Å². The van der Waals surface area contributed by atoms with Crippen molar-refractivity contribution in [3.63, 3.8) is 0 Å². The molecule has 4 heterocycles. The van der Waals surface area contributed by atoms with Crippen LogP contribution in [0, 0.1) is 5.92 Å². The first-order valence-electron chi connectivity index (χ1n) is 12.9. The molecule has 12 heteroatoms. The molecule has 3 aliphatic rings. The molecule has 40 heavy (non-hydrogen) atoms. The van der Waals surface area contributed by atoms with Crippen molar-refractivity contribution in [2.45, 2.75) is 48.2 Å². The van der Waals surface area contributed by atoms with Crippen LogP contribution in [0.4, 0.5) is 18.9 Å². The fraction of sp³-hybridized carbons (Fsp3) is 0.357. The van der Waals surface area contributed by atoms with E-state index in [2.05, 4.69) is 0 Å². The summed E-state index contributed by atoms with van der Waals surface area (Å²) in [7, 11) is 0. The number of hydrogen-bond acceptors (Lipinski definition) is 6. The number of thioether (sulfide) groups is 1. The van der Waals surface area contributed by atoms with Gasteiger partial charge < -0.3 is 4.90 Å². The number of carbonyl (C=O) groups excluding carboxylic acids is 3. The van der Waals surface area contributed by atoms with Crippen molar-refractivity contribution >= 4 is 46.5 Å². The molecule has 0 spiro atoms. The molecular weight excluding hydrogens is 563 g/mol. The number of carbonyl (C=O) groups is 3. The third kappa shape index (κ3) is 4.56. The molecule has 1 aromatic heterocycles. The highest BCUT2D eigenvalue weighted by Crippen LogP contribution is 2.54. The number of halogens is 3. The van der Waals surface area contributed by atoms with Gasteiger partial charge in [0.05, 0.1) is 22.2 Å². The Hall–Kier alpha value is -3.38. The summed E-state index contributed by atoms with van der Waals surface area (Å²) in [5.74, 6) is -3.03. The molecule has 0 radical (unpaired) electrons. The highest BCUT2D eigenvalue weighted by Gasteiger charge is 2.57. The second-order valence-corrected chi connectivity index (χ2v) is 12.2. The lowest BCUT2D eigenvalue weighted by atomic mass is 9.83. The van der Waals surface area contributed by atoms with E-state index in [1.54, 1.807) is 35.2 Å². The molecular formula is C28H24F3N3O4S2. The Balaban J connectivity index is 1.42. The van der Waals surface area contributed by atoms with E-state index in [4.69, 9.17) is 0 Å². The highest BCUT2D eigenvalue weighted by atomic mass is 32.2. The molecule has 2 unspecified atom stereocenters. The van der Waals surface area contributed by atoms with Gasteiger partial charge in [0.15, 0.2) is 0 Å². The molecule has 2 fully saturated rings. The summed E-state index contributed by atoms with van der Waals surface area (Å²) in [4.78, 5) is 56.7. The third-order valence-corrected chi connectivity index (χ3v) is 10.2. The smallest absolute Gasteiger partial charge is 0.341 e. The summed E-state index contributed by atoms with van der Waals surface area (Å²) < 4.78 is 41.7. The van der Waals surface area contributed by atoms with E-state index >= 15 is 0 Å². The molecule has 3 atom stereocenters. The van der Waals surface area contributed by atoms with E-state index in [0.29, 0.717) is 28.6 Å². The number of fused-ring (bicyclic) bond motifs is 2. The predicted octanol–water partition coefficient (Wildman–Crippen LogP) is 4.74. The monoisotopic (exact) mass is 587 g/mol. The van der Waals surface area contributed by atoms with Gasteiger partial charge in [0.2, 0.25) is 17.7 Å². The van der Waals surface area contributed by atoms with Crippen LogP contribution < -0.4 is 9.77 Å². The van der Waals surface area contributed by atoms with Crippen molar-refractivity contribution in [2.24, 2.45) is 5.92 Å². The molecule has 0 N–H and O–H groups in total. The van der Waals surface area contributed by atoms with Crippen LogP contribution in [-0.2, 0) is 27.1 Å². The zero-order valence-electron chi connectivity index (χ0n) is 21.1. The summed E-state index contributed by atoms with van der Waals surface area (Å²) in [6, 6.07) is 13.2. The van der Waals surface area contributed by atoms with Crippen molar-refractivity contribution in [3.05, 3.63) is 80.3 Å². The van der Waals surface area contributed by atoms with Gasteiger partial charge in [-0.1, -0.05) is 59.5 Å². The van der Waals surface area contributed by atoms with Crippen molar-refractivity contribution in [1.82, 2.24) is 9.47 Å². The molecule has 0 saturated carbocycles. The Bertz CT molecular complexity index is 1550. The normalized spacial score (nSPS) is 22.8. The molecule has 7 nitrogen and oxygen atoms in total. The van der Waals surface area contributed by atoms with Crippen molar-refractivity contribution in [1.29, 1.82) is 0 Å². The zero-order chi connectivity index (χ0) is 28.2. The van der Waals surface area contributed by atoms with E-state index in [-0.39, 0.29) is 23.0 Å². The Morgan fingerprint density at radius 3 is 2.35 bits per heavy atom. The second kappa shape index (κ2) is 10.2. The van der Waals surface area contributed by atoms with Crippen LogP contribution in [-0.4, -0.2) is 45.5 Å². The number of imide groups is 1. The predicted molar refractivity (Wildman–Crippen MR) is 144 cm³/mol. The van der Waals surface area contributed by atoms with Gasteiger partial charge in [-0.15, -0.1) is 0 Å². The molecule has 6 rings (SSSR count). The molecule has 2 saturated heterocycles. The van der Waals surface area contributed by atoms with E-state index in [0.717, 1.165) is 59.4 Å². The van der Waals surface area contributed by atoms with E-state index < -0.39 is 40.6 Å². The first-order valence-corrected chi connectivity index (χ1v) is 14.6. The lowest BCUT2D eigenvalue weighted by Crippen LogP contribution is -2.39. The van der Waals surface area contributed by atoms with Crippen LogP contribution in [0.2, 0.25) is 0 Å². The number of thiazole rings is 1. The molecule has 3 aliphatic heterocycles. The van der Waals surface area contributed by atoms with E-state index in [9.17, 15) is 32.3 Å². The summed E-state index contributed by atoms with van der Waals surface area (Å²) in [6.07, 6.45) is -1.79. The Labute approximate surface area is 235 Å². The van der Waals surface area contributed by atoms with E-state index in [1.165, 1.54) is 16.7 Å². The minimum Gasteiger partial charge on any atom is -0.341 e. The fourth-order valence-corrected chi connectivity index (χ4v) is 8.50. The molecule has 2 aromatic carbocycles. The molecule has 3 aromatic rings. The summed E-state index contributed by atoms with van der Waals surface area (Å²) in [6.45, 7) is 1.09. The standard InChI is InChI=1S/C28H24F3N3O4S2/c29-28(30,31)17-10-7-11-18(14-17)34-24(36)21-20(16-8-3-1-4-9-16)23-26(39-22(21)25(34)37)33(27(38)40-23)15-19(35)32-12-5-2-6-13-32/h1,3-4,7-11,14,20-22H,2,5-6,12-13,15H2/t20-,21?,22?/m0/s1. The van der Waals surface area contributed by atoms with Crippen LogP contribution in [0.1, 0.15) is 41.2 Å². The zero-order valence-corrected chi connectivity index (χ0v) is 22.7. The Morgan fingerprint density at radius 2 is 1.65 bits per heavy atom. The second-order valence-electron chi connectivity index (χ2n) is 10.1. The number of piperidine rings is 1. The lowest BCUT2D eigenvalue weighted by Gasteiger charge is -2.31. The number of amides is 3. The maximum absolute atomic E-state index is 13.9. The fourth-order valence-electron chi connectivity index (χ4n) is 5.73. The van der Waals surface area contributed by atoms with Gasteiger partial charge in [0.1, 0.15) is 11.8 Å². The van der Waals surface area contributed by atoms with Crippen molar-refractivity contribution in [3.8, 4) is 0 Å². The third-order valence-electron chi connectivity index (χ3n) is 7.64. The summed E-state index contributed by atoms with van der Waals surface area (Å²) in [5, 5.41) is -0.507. The maximum Gasteiger partial charge on any atom is 0.416 e. The van der Waals surface area contributed by atoms with Crippen molar-refractivity contribution < 1.29 is 27.6 Å². The minimum atomic E-state index is -4.64. The lowest BCUT2D eigenvalue weighted by molar-refractivity contribution is -0.137. The first kappa shape index (κ1) is 26.8. The number of hydrogen-bond donors (Lipinski definition) is 0. The maximum atomic E-state index is 13.9. The average molecular weight is 588 g/mol. The van der Waals surface area contributed by atoms with Crippen LogP contribution in [0.15, 0.2) is 64.4 Å². The number of alkyl halides is 3. The van der Waals surface area contributed by atoms with Gasteiger partial charge in [-0.05, 0) is 43.0 Å². The largest absolute Gasteiger partial charge is 0.416 e. The van der Waals surface area contributed by atoms with Crippen LogP contribution in [0.25, 0.3) is 0 Å². The minimum absolute atomic E-state index is 0.146. The van der Waals surface area contributed by atoms with Crippen LogP contribution in [0.3, 0.4) is 0 Å². The van der Waals surface area contributed by atoms with Gasteiger partial charge in [0, 0.05) is 23.9 Å². The van der Waals surface area contributed by atoms with Gasteiger partial charge in [-0.2, -0.15) is 13.2 Å². The number of likely N-dealkylation sites (tertiary alicyclic amines) is 1. The number of benzene rings is 2. The molecule has 208 valence electrons. The van der Waals surface area contributed by atoms with Gasteiger partial charge in [-0.25, -0.2) is 4.90 Å². The van der Waals surface area contributed by atoms with Crippen molar-refractivity contribution in [2.75, 3.05) is 18.0 Å². The molecule has 0 aliphatic carbocycles. The topological polar surface area (TPSA) is 79.7 Å². The number of aromatic nitrogens is 1. The van der Waals surface area contributed by atoms with E-state index in [1.807, 2.05) is 0 Å². The number of rotatable bonds is 4. The van der Waals surface area contributed by atoms with Gasteiger partial charge in [-0.3, -0.25) is 23.7 Å². The summed E-state index contributed by atoms with van der Waals surface area (Å²) >= 11 is 2.00. The van der Waals surface area contributed by atoms with Crippen LogP contribution >= 0.6 is 23.1 Å². The quantitative estimate of drug-likeness (QED) is 0.413. The van der Waals surface area contributed by atoms with Gasteiger partial charge >= 0.3 is 11.0 Å². The number of anilines is 1. The Morgan fingerprint density at radius 1 is 0.925 bits per heavy atom. The first-order chi connectivity index (χ1) is 19.1. The number of nitrogens with zero attached hydrogens (tertiary/aromatic N) is 3. The molecule has 0 bridgehead atoms. The molecule has 3 amide bonds. The SMILES string of the molecule is O=C(Cn1c2c(sc1=O)[C@@H](c1ccccc1)C1C(=O)N(c3cccc(C(F)(F)F)c3)C(=O)C1S2)N1CCCCC1. The highest BCUT2D eigenvalue weighted by molar-refractivity contribution is 8.00. The Kier molecular flexibility index (Phi) is 6.86. The summed E-state index contributed by atoms with van der Waals surface area (Å²) in [5.41, 5.74) is -0.397. The average Bonchev–Trinajstić information content (AvgIpc) is 3.39.